The standard InChI is InChI=1S/C24H35N7O4S/c1-4-35-16-20-28-22-23(31(20)14-6-13-30-12-5-7-21(30)32)18-15-17(8-9-19(18)27-24(22)25)10-11-26-36(33,34)29(2)3/h8-9,15,26H,4-7,10-14,16H2,1-3H3,(H2,25,27). The molecule has 0 bridgehead atoms. The second kappa shape index (κ2) is 11.1. The van der Waals surface area contributed by atoms with Crippen LogP contribution in [0, 0.1) is 0 Å². The van der Waals surface area contributed by atoms with Crippen molar-refractivity contribution in [2.75, 3.05) is 46.1 Å². The van der Waals surface area contributed by atoms with Gasteiger partial charge in [0.15, 0.2) is 5.82 Å². The highest BCUT2D eigenvalue weighted by atomic mass is 32.2. The molecule has 2 aromatic heterocycles. The Hall–Kier alpha value is -2.80. The van der Waals surface area contributed by atoms with E-state index in [4.69, 9.17) is 15.5 Å². The van der Waals surface area contributed by atoms with E-state index in [-0.39, 0.29) is 12.5 Å². The lowest BCUT2D eigenvalue weighted by molar-refractivity contribution is -0.127. The fraction of sp³-hybridized carbons (Fsp3) is 0.542. The third-order valence-corrected chi connectivity index (χ3v) is 7.97. The Labute approximate surface area is 211 Å². The molecule has 0 spiro atoms. The molecule has 0 atom stereocenters. The van der Waals surface area contributed by atoms with Gasteiger partial charge < -0.3 is 19.9 Å². The SMILES string of the molecule is CCOCc1nc2c(N)nc3ccc(CCNS(=O)(=O)N(C)C)cc3c2n1CCCN1CCCC1=O. The maximum atomic E-state index is 12.0. The summed E-state index contributed by atoms with van der Waals surface area (Å²) in [7, 11) is -0.503. The van der Waals surface area contributed by atoms with Crippen LogP contribution in [0.3, 0.4) is 0 Å². The molecule has 0 aliphatic carbocycles. The summed E-state index contributed by atoms with van der Waals surface area (Å²) in [6.45, 7) is 5.30. The van der Waals surface area contributed by atoms with Gasteiger partial charge in [-0.15, -0.1) is 0 Å². The van der Waals surface area contributed by atoms with Gasteiger partial charge in [0.2, 0.25) is 5.91 Å². The van der Waals surface area contributed by atoms with E-state index in [0.717, 1.165) is 51.5 Å². The number of fused-ring (bicyclic) bond motifs is 3. The average Bonchev–Trinajstić information content (AvgIpc) is 3.41. The van der Waals surface area contributed by atoms with E-state index in [1.165, 1.54) is 14.1 Å². The molecule has 3 heterocycles. The minimum Gasteiger partial charge on any atom is -0.382 e. The summed E-state index contributed by atoms with van der Waals surface area (Å²) in [5, 5.41) is 0.902. The Morgan fingerprint density at radius 1 is 1.22 bits per heavy atom. The first-order valence-electron chi connectivity index (χ1n) is 12.3. The number of hydrogen-bond donors (Lipinski definition) is 2. The smallest absolute Gasteiger partial charge is 0.278 e. The lowest BCUT2D eigenvalue weighted by atomic mass is 10.1. The first-order valence-corrected chi connectivity index (χ1v) is 13.7. The van der Waals surface area contributed by atoms with Crippen LogP contribution < -0.4 is 10.5 Å². The number of nitrogen functional groups attached to an aromatic ring is 1. The Morgan fingerprint density at radius 3 is 2.72 bits per heavy atom. The van der Waals surface area contributed by atoms with E-state index < -0.39 is 10.2 Å². The molecule has 36 heavy (non-hydrogen) atoms. The fourth-order valence-corrected chi connectivity index (χ4v) is 5.14. The molecule has 0 radical (unpaired) electrons. The Balaban J connectivity index is 1.67. The fourth-order valence-electron chi connectivity index (χ4n) is 4.52. The van der Waals surface area contributed by atoms with Crippen molar-refractivity contribution in [1.82, 2.24) is 28.5 Å². The number of nitrogens with one attached hydrogen (secondary N) is 1. The molecule has 11 nitrogen and oxygen atoms in total. The normalized spacial score (nSPS) is 14.7. The van der Waals surface area contributed by atoms with Crippen molar-refractivity contribution < 1.29 is 17.9 Å². The number of pyridine rings is 1. The molecule has 1 amide bonds. The molecule has 1 fully saturated rings. The maximum absolute atomic E-state index is 12.0. The number of imidazole rings is 1. The summed E-state index contributed by atoms with van der Waals surface area (Å²) in [5.74, 6) is 1.34. The van der Waals surface area contributed by atoms with Gasteiger partial charge in [0, 0.05) is 58.7 Å². The van der Waals surface area contributed by atoms with Gasteiger partial charge in [-0.25, -0.2) is 14.7 Å². The number of benzene rings is 1. The molecule has 4 rings (SSSR count). The zero-order valence-electron chi connectivity index (χ0n) is 21.2. The summed E-state index contributed by atoms with van der Waals surface area (Å²) >= 11 is 0. The van der Waals surface area contributed by atoms with E-state index in [0.29, 0.717) is 50.5 Å². The summed E-state index contributed by atoms with van der Waals surface area (Å²) < 4.78 is 35.6. The molecule has 0 unspecified atom stereocenters. The highest BCUT2D eigenvalue weighted by Gasteiger charge is 2.21. The molecule has 0 saturated carbocycles. The minimum absolute atomic E-state index is 0.216. The summed E-state index contributed by atoms with van der Waals surface area (Å²) in [6.07, 6.45) is 2.85. The number of nitrogens with two attached hydrogens (primary N) is 1. The van der Waals surface area contributed by atoms with Crippen molar-refractivity contribution >= 4 is 43.9 Å². The molecule has 1 aliphatic rings. The number of anilines is 1. The van der Waals surface area contributed by atoms with Crippen LogP contribution in [0.5, 0.6) is 0 Å². The molecule has 1 aromatic carbocycles. The minimum atomic E-state index is -3.49. The van der Waals surface area contributed by atoms with Gasteiger partial charge in [0.25, 0.3) is 10.2 Å². The van der Waals surface area contributed by atoms with Gasteiger partial charge in [-0.3, -0.25) is 4.79 Å². The monoisotopic (exact) mass is 517 g/mol. The summed E-state index contributed by atoms with van der Waals surface area (Å²) in [5.41, 5.74) is 9.54. The number of hydrogen-bond acceptors (Lipinski definition) is 7. The molecule has 196 valence electrons. The second-order valence-corrected chi connectivity index (χ2v) is 11.1. The van der Waals surface area contributed by atoms with E-state index in [1.807, 2.05) is 30.0 Å². The van der Waals surface area contributed by atoms with E-state index in [2.05, 4.69) is 14.3 Å². The molecule has 3 aromatic rings. The molecule has 12 heteroatoms. The maximum Gasteiger partial charge on any atom is 0.278 e. The van der Waals surface area contributed by atoms with E-state index >= 15 is 0 Å². The number of ether oxygens (including phenoxy) is 1. The average molecular weight is 518 g/mol. The third-order valence-electron chi connectivity index (χ3n) is 6.44. The predicted molar refractivity (Wildman–Crippen MR) is 140 cm³/mol. The number of amides is 1. The third kappa shape index (κ3) is 5.61. The topological polar surface area (TPSA) is 136 Å². The van der Waals surface area contributed by atoms with Crippen molar-refractivity contribution in [3.63, 3.8) is 0 Å². The number of carbonyl (C=O) groups is 1. The van der Waals surface area contributed by atoms with Crippen LogP contribution in [-0.2, 0) is 39.3 Å². The van der Waals surface area contributed by atoms with Crippen LogP contribution in [0.25, 0.3) is 21.9 Å². The highest BCUT2D eigenvalue weighted by molar-refractivity contribution is 7.87. The van der Waals surface area contributed by atoms with Crippen molar-refractivity contribution in [2.45, 2.75) is 45.8 Å². The van der Waals surface area contributed by atoms with Gasteiger partial charge in [-0.2, -0.15) is 12.7 Å². The lowest BCUT2D eigenvalue weighted by Crippen LogP contribution is -2.36. The van der Waals surface area contributed by atoms with Crippen molar-refractivity contribution in [2.24, 2.45) is 0 Å². The lowest BCUT2D eigenvalue weighted by Gasteiger charge is -2.17. The first-order chi connectivity index (χ1) is 17.2. The van der Waals surface area contributed by atoms with Crippen molar-refractivity contribution in [3.05, 3.63) is 29.6 Å². The van der Waals surface area contributed by atoms with Crippen molar-refractivity contribution in [1.29, 1.82) is 0 Å². The molecular formula is C24H35N7O4S. The largest absolute Gasteiger partial charge is 0.382 e. The number of rotatable bonds is 12. The number of aryl methyl sites for hydroxylation is 1. The van der Waals surface area contributed by atoms with E-state index in [1.54, 1.807) is 0 Å². The zero-order chi connectivity index (χ0) is 25.9. The molecule has 1 aliphatic heterocycles. The number of nitrogens with zero attached hydrogens (tertiary/aromatic N) is 5. The van der Waals surface area contributed by atoms with Crippen molar-refractivity contribution in [3.8, 4) is 0 Å². The first kappa shape index (κ1) is 26.3. The van der Waals surface area contributed by atoms with Crippen LogP contribution in [0.2, 0.25) is 0 Å². The van der Waals surface area contributed by atoms with Gasteiger partial charge in [-0.05, 0) is 43.9 Å². The quantitative estimate of drug-likeness (QED) is 0.373. The van der Waals surface area contributed by atoms with Crippen LogP contribution in [0.15, 0.2) is 18.2 Å². The zero-order valence-corrected chi connectivity index (χ0v) is 22.0. The number of carbonyl (C=O) groups excluding carboxylic acids is 1. The van der Waals surface area contributed by atoms with Gasteiger partial charge in [-0.1, -0.05) is 6.07 Å². The van der Waals surface area contributed by atoms with E-state index in [9.17, 15) is 13.2 Å². The van der Waals surface area contributed by atoms with Crippen LogP contribution >= 0.6 is 0 Å². The predicted octanol–water partition coefficient (Wildman–Crippen LogP) is 1.65. The summed E-state index contributed by atoms with van der Waals surface area (Å²) in [4.78, 5) is 23.3. The van der Waals surface area contributed by atoms with Gasteiger partial charge in [0.1, 0.15) is 17.9 Å². The number of aromatic nitrogens is 3. The Kier molecular flexibility index (Phi) is 8.08. The Bertz CT molecular complexity index is 1350. The molecule has 3 N–H and O–H groups in total. The number of likely N-dealkylation sites (tertiary alicyclic amines) is 1. The summed E-state index contributed by atoms with van der Waals surface area (Å²) in [6, 6.07) is 5.87. The van der Waals surface area contributed by atoms with Crippen LogP contribution in [0.1, 0.15) is 37.6 Å². The Morgan fingerprint density at radius 2 is 2.03 bits per heavy atom. The molecular weight excluding hydrogens is 482 g/mol. The molecule has 1 saturated heterocycles. The van der Waals surface area contributed by atoms with Crippen LogP contribution in [0.4, 0.5) is 5.82 Å². The highest BCUT2D eigenvalue weighted by Crippen LogP contribution is 2.30. The van der Waals surface area contributed by atoms with Gasteiger partial charge in [0.05, 0.1) is 11.0 Å². The van der Waals surface area contributed by atoms with Crippen LogP contribution in [-0.4, -0.2) is 78.4 Å². The van der Waals surface area contributed by atoms with Gasteiger partial charge >= 0.3 is 0 Å². The second-order valence-electron chi connectivity index (χ2n) is 9.13.